The fourth-order valence-electron chi connectivity index (χ4n) is 1.53. The predicted molar refractivity (Wildman–Crippen MR) is 84.2 cm³/mol. The lowest BCUT2D eigenvalue weighted by atomic mass is 10.2. The SMILES string of the molecule is CCCSc1ccc(COC(=O)N(C)CCNC)cc1. The monoisotopic (exact) mass is 296 g/mol. The maximum Gasteiger partial charge on any atom is 0.409 e. The van der Waals surface area contributed by atoms with Crippen LogP contribution in [0.1, 0.15) is 18.9 Å². The summed E-state index contributed by atoms with van der Waals surface area (Å²) in [6.07, 6.45) is 0.882. The van der Waals surface area contributed by atoms with E-state index in [1.165, 1.54) is 11.3 Å². The third-order valence-electron chi connectivity index (χ3n) is 2.77. The lowest BCUT2D eigenvalue weighted by molar-refractivity contribution is 0.105. The standard InChI is InChI=1S/C15H24N2O2S/c1-4-11-20-14-7-5-13(6-8-14)12-19-15(18)17(3)10-9-16-2/h5-8,16H,4,9-12H2,1-3H3. The third-order valence-corrected chi connectivity index (χ3v) is 3.99. The van der Waals surface area contributed by atoms with Crippen molar-refractivity contribution < 1.29 is 9.53 Å². The molecule has 0 radical (unpaired) electrons. The van der Waals surface area contributed by atoms with Gasteiger partial charge in [-0.15, -0.1) is 11.8 Å². The molecule has 0 atom stereocenters. The molecule has 1 N–H and O–H groups in total. The van der Waals surface area contributed by atoms with Crippen LogP contribution in [0, 0.1) is 0 Å². The molecule has 0 aliphatic carbocycles. The summed E-state index contributed by atoms with van der Waals surface area (Å²) < 4.78 is 5.26. The summed E-state index contributed by atoms with van der Waals surface area (Å²) in [5.74, 6) is 1.13. The van der Waals surface area contributed by atoms with Gasteiger partial charge in [0.05, 0.1) is 0 Å². The summed E-state index contributed by atoms with van der Waals surface area (Å²) in [5, 5.41) is 3.00. The summed E-state index contributed by atoms with van der Waals surface area (Å²) in [7, 11) is 3.60. The minimum absolute atomic E-state index is 0.287. The van der Waals surface area contributed by atoms with E-state index in [2.05, 4.69) is 24.4 Å². The molecule has 1 aromatic rings. The lowest BCUT2D eigenvalue weighted by Gasteiger charge is -2.16. The highest BCUT2D eigenvalue weighted by atomic mass is 32.2. The summed E-state index contributed by atoms with van der Waals surface area (Å²) in [5.41, 5.74) is 1.02. The van der Waals surface area contributed by atoms with E-state index in [4.69, 9.17) is 4.74 Å². The molecule has 20 heavy (non-hydrogen) atoms. The maximum atomic E-state index is 11.7. The predicted octanol–water partition coefficient (Wildman–Crippen LogP) is 2.98. The van der Waals surface area contributed by atoms with E-state index in [0.717, 1.165) is 17.9 Å². The zero-order chi connectivity index (χ0) is 14.8. The zero-order valence-corrected chi connectivity index (χ0v) is 13.3. The van der Waals surface area contributed by atoms with Gasteiger partial charge in [-0.2, -0.15) is 0 Å². The van der Waals surface area contributed by atoms with Gasteiger partial charge in [0, 0.05) is 25.0 Å². The van der Waals surface area contributed by atoms with Crippen LogP contribution >= 0.6 is 11.8 Å². The highest BCUT2D eigenvalue weighted by Crippen LogP contribution is 2.19. The van der Waals surface area contributed by atoms with Crippen LogP contribution in [0.25, 0.3) is 0 Å². The smallest absolute Gasteiger partial charge is 0.409 e. The maximum absolute atomic E-state index is 11.7. The molecule has 1 rings (SSSR count). The number of carbonyl (C=O) groups excluding carboxylic acids is 1. The van der Waals surface area contributed by atoms with Gasteiger partial charge in [0.1, 0.15) is 6.61 Å². The Morgan fingerprint density at radius 3 is 2.65 bits per heavy atom. The molecule has 1 aromatic carbocycles. The Balaban J connectivity index is 2.35. The second-order valence-corrected chi connectivity index (χ2v) is 5.74. The van der Waals surface area contributed by atoms with Crippen molar-refractivity contribution in [1.29, 1.82) is 0 Å². The molecule has 0 aliphatic rings. The van der Waals surface area contributed by atoms with Crippen LogP contribution in [-0.2, 0) is 11.3 Å². The fourth-order valence-corrected chi connectivity index (χ4v) is 2.30. The molecule has 4 nitrogen and oxygen atoms in total. The van der Waals surface area contributed by atoms with Crippen LogP contribution in [0.15, 0.2) is 29.2 Å². The molecular weight excluding hydrogens is 272 g/mol. The Labute approximate surface area is 125 Å². The number of carbonyl (C=O) groups is 1. The van der Waals surface area contributed by atoms with E-state index in [-0.39, 0.29) is 6.09 Å². The second-order valence-electron chi connectivity index (χ2n) is 4.57. The number of nitrogens with one attached hydrogen (secondary N) is 1. The van der Waals surface area contributed by atoms with Gasteiger partial charge in [-0.05, 0) is 36.9 Å². The van der Waals surface area contributed by atoms with Crippen LogP contribution < -0.4 is 5.32 Å². The Kier molecular flexibility index (Phi) is 8.14. The van der Waals surface area contributed by atoms with Gasteiger partial charge < -0.3 is 15.0 Å². The molecule has 0 spiro atoms. The van der Waals surface area contributed by atoms with Crippen LogP contribution in [0.4, 0.5) is 4.79 Å². The van der Waals surface area contributed by atoms with Crippen molar-refractivity contribution in [3.8, 4) is 0 Å². The Bertz CT molecular complexity index is 395. The van der Waals surface area contributed by atoms with Gasteiger partial charge in [-0.25, -0.2) is 4.79 Å². The number of nitrogens with zero attached hydrogens (tertiary/aromatic N) is 1. The van der Waals surface area contributed by atoms with Crippen LogP contribution in [0.2, 0.25) is 0 Å². The van der Waals surface area contributed by atoms with Gasteiger partial charge in [-0.3, -0.25) is 0 Å². The fraction of sp³-hybridized carbons (Fsp3) is 0.533. The largest absolute Gasteiger partial charge is 0.445 e. The van der Waals surface area contributed by atoms with Gasteiger partial charge in [0.25, 0.3) is 0 Å². The molecule has 0 heterocycles. The number of rotatable bonds is 8. The number of thioether (sulfide) groups is 1. The first-order valence-electron chi connectivity index (χ1n) is 6.91. The molecule has 0 bridgehead atoms. The molecule has 0 saturated carbocycles. The number of benzene rings is 1. The van der Waals surface area contributed by atoms with Crippen LogP contribution in [0.3, 0.4) is 0 Å². The summed E-state index contributed by atoms with van der Waals surface area (Å²) in [4.78, 5) is 14.5. The summed E-state index contributed by atoms with van der Waals surface area (Å²) in [6.45, 7) is 3.89. The minimum atomic E-state index is -0.287. The molecule has 112 valence electrons. The average molecular weight is 296 g/mol. The van der Waals surface area contributed by atoms with Crippen molar-refractivity contribution >= 4 is 17.9 Å². The van der Waals surface area contributed by atoms with E-state index in [1.807, 2.05) is 30.9 Å². The third kappa shape index (κ3) is 6.30. The molecule has 1 amide bonds. The van der Waals surface area contributed by atoms with Crippen molar-refractivity contribution in [2.24, 2.45) is 0 Å². The van der Waals surface area contributed by atoms with E-state index in [0.29, 0.717) is 13.2 Å². The molecule has 0 saturated heterocycles. The number of ether oxygens (including phenoxy) is 1. The van der Waals surface area contributed by atoms with Gasteiger partial charge in [0.15, 0.2) is 0 Å². The first kappa shape index (κ1) is 16.9. The van der Waals surface area contributed by atoms with Crippen LogP contribution in [-0.4, -0.2) is 43.9 Å². The van der Waals surface area contributed by atoms with Crippen molar-refractivity contribution in [3.05, 3.63) is 29.8 Å². The molecule has 0 aliphatic heterocycles. The molecule has 0 unspecified atom stereocenters. The highest BCUT2D eigenvalue weighted by molar-refractivity contribution is 7.99. The number of amides is 1. The zero-order valence-electron chi connectivity index (χ0n) is 12.5. The number of likely N-dealkylation sites (N-methyl/N-ethyl adjacent to an activating group) is 2. The summed E-state index contributed by atoms with van der Waals surface area (Å²) >= 11 is 1.84. The topological polar surface area (TPSA) is 41.6 Å². The highest BCUT2D eigenvalue weighted by Gasteiger charge is 2.09. The Morgan fingerprint density at radius 1 is 1.35 bits per heavy atom. The van der Waals surface area contributed by atoms with E-state index >= 15 is 0 Å². The van der Waals surface area contributed by atoms with Crippen molar-refractivity contribution in [3.63, 3.8) is 0 Å². The van der Waals surface area contributed by atoms with Gasteiger partial charge in [0.2, 0.25) is 0 Å². The quantitative estimate of drug-likeness (QED) is 0.749. The van der Waals surface area contributed by atoms with E-state index in [9.17, 15) is 4.79 Å². The molecule has 0 aromatic heterocycles. The minimum Gasteiger partial charge on any atom is -0.445 e. The number of hydrogen-bond acceptors (Lipinski definition) is 4. The van der Waals surface area contributed by atoms with Gasteiger partial charge >= 0.3 is 6.09 Å². The molecular formula is C15H24N2O2S. The Hall–Kier alpha value is -1.20. The second kappa shape index (κ2) is 9.66. The van der Waals surface area contributed by atoms with E-state index < -0.39 is 0 Å². The first-order valence-corrected chi connectivity index (χ1v) is 7.90. The van der Waals surface area contributed by atoms with Crippen molar-refractivity contribution in [1.82, 2.24) is 10.2 Å². The van der Waals surface area contributed by atoms with Crippen LogP contribution in [0.5, 0.6) is 0 Å². The lowest BCUT2D eigenvalue weighted by Crippen LogP contribution is -2.33. The van der Waals surface area contributed by atoms with E-state index in [1.54, 1.807) is 11.9 Å². The first-order chi connectivity index (χ1) is 9.67. The van der Waals surface area contributed by atoms with Crippen molar-refractivity contribution in [2.45, 2.75) is 24.8 Å². The molecule has 0 fully saturated rings. The van der Waals surface area contributed by atoms with Gasteiger partial charge in [-0.1, -0.05) is 19.1 Å². The average Bonchev–Trinajstić information content (AvgIpc) is 2.49. The Morgan fingerprint density at radius 2 is 2.05 bits per heavy atom. The molecule has 5 heteroatoms. The normalized spacial score (nSPS) is 10.3. The van der Waals surface area contributed by atoms with Crippen molar-refractivity contribution in [2.75, 3.05) is 32.9 Å². The number of hydrogen-bond donors (Lipinski definition) is 1. The summed E-state index contributed by atoms with van der Waals surface area (Å²) in [6, 6.07) is 8.18.